The van der Waals surface area contributed by atoms with Crippen molar-refractivity contribution in [2.45, 2.75) is 39.7 Å². The Morgan fingerprint density at radius 3 is 2.17 bits per heavy atom. The van der Waals surface area contributed by atoms with Crippen LogP contribution in [0.2, 0.25) is 5.15 Å². The number of halogens is 1. The van der Waals surface area contributed by atoms with E-state index >= 15 is 0 Å². The molecular formula is C9H15ClN2. The summed E-state index contributed by atoms with van der Waals surface area (Å²) in [5.74, 6) is 0.447. The molecule has 0 aliphatic rings. The maximum absolute atomic E-state index is 5.98. The summed E-state index contributed by atoms with van der Waals surface area (Å²) in [4.78, 5) is 0. The second-order valence-corrected chi connectivity index (χ2v) is 3.97. The zero-order valence-corrected chi connectivity index (χ0v) is 8.76. The van der Waals surface area contributed by atoms with E-state index in [1.165, 1.54) is 0 Å². The van der Waals surface area contributed by atoms with E-state index in [0.717, 1.165) is 10.8 Å². The lowest BCUT2D eigenvalue weighted by Gasteiger charge is -2.06. The van der Waals surface area contributed by atoms with Gasteiger partial charge in [0.2, 0.25) is 0 Å². The zero-order chi connectivity index (χ0) is 9.30. The van der Waals surface area contributed by atoms with Crippen molar-refractivity contribution in [3.63, 3.8) is 0 Å². The standard InChI is InChI=1S/C9H15ClN2/c1-6(2)8-5-9(10)12(11-8)7(3)4/h5-7H,1-4H3. The summed E-state index contributed by atoms with van der Waals surface area (Å²) in [7, 11) is 0. The highest BCUT2D eigenvalue weighted by atomic mass is 35.5. The highest BCUT2D eigenvalue weighted by Crippen LogP contribution is 2.20. The van der Waals surface area contributed by atoms with Crippen molar-refractivity contribution in [3.05, 3.63) is 16.9 Å². The van der Waals surface area contributed by atoms with Crippen molar-refractivity contribution >= 4 is 11.6 Å². The Bertz CT molecular complexity index is 263. The lowest BCUT2D eigenvalue weighted by Crippen LogP contribution is -2.03. The number of aromatic nitrogens is 2. The maximum Gasteiger partial charge on any atom is 0.127 e. The van der Waals surface area contributed by atoms with Crippen LogP contribution in [0.4, 0.5) is 0 Å². The predicted molar refractivity (Wildman–Crippen MR) is 51.7 cm³/mol. The van der Waals surface area contributed by atoms with E-state index in [9.17, 15) is 0 Å². The molecule has 12 heavy (non-hydrogen) atoms. The predicted octanol–water partition coefficient (Wildman–Crippen LogP) is 3.24. The van der Waals surface area contributed by atoms with Gasteiger partial charge in [0.25, 0.3) is 0 Å². The summed E-state index contributed by atoms with van der Waals surface area (Å²) in [5, 5.41) is 5.12. The van der Waals surface area contributed by atoms with Gasteiger partial charge in [0, 0.05) is 6.04 Å². The average molecular weight is 187 g/mol. The van der Waals surface area contributed by atoms with E-state index in [0.29, 0.717) is 12.0 Å². The monoisotopic (exact) mass is 186 g/mol. The summed E-state index contributed by atoms with van der Waals surface area (Å²) >= 11 is 5.98. The highest BCUT2D eigenvalue weighted by molar-refractivity contribution is 6.29. The summed E-state index contributed by atoms with van der Waals surface area (Å²) in [6.07, 6.45) is 0. The fourth-order valence-corrected chi connectivity index (χ4v) is 1.38. The smallest absolute Gasteiger partial charge is 0.127 e. The molecule has 0 bridgehead atoms. The Hall–Kier alpha value is -0.500. The number of rotatable bonds is 2. The molecule has 0 aliphatic carbocycles. The fraction of sp³-hybridized carbons (Fsp3) is 0.667. The molecule has 0 N–H and O–H groups in total. The molecule has 1 aromatic heterocycles. The van der Waals surface area contributed by atoms with Crippen LogP contribution in [0.25, 0.3) is 0 Å². The molecule has 1 heterocycles. The Kier molecular flexibility index (Phi) is 2.78. The first-order valence-electron chi connectivity index (χ1n) is 4.27. The molecule has 0 spiro atoms. The average Bonchev–Trinajstić information content (AvgIpc) is 2.30. The first-order valence-corrected chi connectivity index (χ1v) is 4.65. The number of hydrogen-bond acceptors (Lipinski definition) is 1. The summed E-state index contributed by atoms with van der Waals surface area (Å²) in [6, 6.07) is 2.27. The van der Waals surface area contributed by atoms with Gasteiger partial charge in [-0.1, -0.05) is 25.4 Å². The number of hydrogen-bond donors (Lipinski definition) is 0. The molecule has 0 saturated heterocycles. The van der Waals surface area contributed by atoms with Gasteiger partial charge in [-0.15, -0.1) is 0 Å². The first-order chi connectivity index (χ1) is 5.52. The quantitative estimate of drug-likeness (QED) is 0.694. The molecule has 0 atom stereocenters. The van der Waals surface area contributed by atoms with Crippen molar-refractivity contribution in [1.29, 1.82) is 0 Å². The van der Waals surface area contributed by atoms with Crippen LogP contribution in [0, 0.1) is 0 Å². The lowest BCUT2D eigenvalue weighted by molar-refractivity contribution is 0.523. The van der Waals surface area contributed by atoms with Crippen molar-refractivity contribution in [2.24, 2.45) is 0 Å². The minimum Gasteiger partial charge on any atom is -0.251 e. The van der Waals surface area contributed by atoms with Gasteiger partial charge in [0.15, 0.2) is 0 Å². The molecule has 1 aromatic rings. The van der Waals surface area contributed by atoms with Crippen molar-refractivity contribution < 1.29 is 0 Å². The molecule has 0 saturated carbocycles. The highest BCUT2D eigenvalue weighted by Gasteiger charge is 2.10. The Morgan fingerprint density at radius 1 is 1.33 bits per heavy atom. The fourth-order valence-electron chi connectivity index (χ4n) is 1.03. The molecule has 3 heteroatoms. The van der Waals surface area contributed by atoms with E-state index in [1.807, 2.05) is 10.7 Å². The molecule has 1 rings (SSSR count). The summed E-state index contributed by atoms with van der Waals surface area (Å²) in [6.45, 7) is 8.37. The van der Waals surface area contributed by atoms with Crippen LogP contribution in [0.5, 0.6) is 0 Å². The first kappa shape index (κ1) is 9.59. The maximum atomic E-state index is 5.98. The molecule has 0 radical (unpaired) electrons. The number of nitrogens with zero attached hydrogens (tertiary/aromatic N) is 2. The third-order valence-corrected chi connectivity index (χ3v) is 2.07. The van der Waals surface area contributed by atoms with Crippen LogP contribution in [0.15, 0.2) is 6.07 Å². The van der Waals surface area contributed by atoms with Gasteiger partial charge in [-0.3, -0.25) is 4.68 Å². The van der Waals surface area contributed by atoms with Crippen LogP contribution in [0.1, 0.15) is 45.3 Å². The largest absolute Gasteiger partial charge is 0.251 e. The van der Waals surface area contributed by atoms with E-state index in [-0.39, 0.29) is 0 Å². The molecule has 68 valence electrons. The van der Waals surface area contributed by atoms with Crippen LogP contribution in [-0.4, -0.2) is 9.78 Å². The van der Waals surface area contributed by atoms with E-state index in [2.05, 4.69) is 32.8 Å². The van der Waals surface area contributed by atoms with Crippen LogP contribution in [0.3, 0.4) is 0 Å². The van der Waals surface area contributed by atoms with Crippen molar-refractivity contribution in [1.82, 2.24) is 9.78 Å². The van der Waals surface area contributed by atoms with Crippen LogP contribution < -0.4 is 0 Å². The molecule has 0 aromatic carbocycles. The minimum absolute atomic E-state index is 0.338. The zero-order valence-electron chi connectivity index (χ0n) is 8.00. The molecule has 0 fully saturated rings. The second-order valence-electron chi connectivity index (χ2n) is 3.58. The Labute approximate surface area is 78.5 Å². The molecule has 0 aliphatic heterocycles. The van der Waals surface area contributed by atoms with Gasteiger partial charge in [0.1, 0.15) is 5.15 Å². The minimum atomic E-state index is 0.338. The van der Waals surface area contributed by atoms with E-state index < -0.39 is 0 Å². The van der Waals surface area contributed by atoms with Gasteiger partial charge >= 0.3 is 0 Å². The van der Waals surface area contributed by atoms with Crippen molar-refractivity contribution in [3.8, 4) is 0 Å². The molecule has 2 nitrogen and oxygen atoms in total. The van der Waals surface area contributed by atoms with Crippen LogP contribution in [-0.2, 0) is 0 Å². The van der Waals surface area contributed by atoms with Crippen LogP contribution >= 0.6 is 11.6 Å². The normalized spacial score (nSPS) is 11.6. The van der Waals surface area contributed by atoms with Gasteiger partial charge in [0.05, 0.1) is 5.69 Å². The van der Waals surface area contributed by atoms with Gasteiger partial charge in [-0.2, -0.15) is 5.10 Å². The van der Waals surface area contributed by atoms with Gasteiger partial charge in [-0.25, -0.2) is 0 Å². The molecular weight excluding hydrogens is 172 g/mol. The third kappa shape index (κ3) is 1.81. The summed E-state index contributed by atoms with van der Waals surface area (Å²) < 4.78 is 1.84. The third-order valence-electron chi connectivity index (χ3n) is 1.79. The molecule has 0 amide bonds. The van der Waals surface area contributed by atoms with Crippen molar-refractivity contribution in [2.75, 3.05) is 0 Å². The Balaban J connectivity index is 3.00. The molecule has 0 unspecified atom stereocenters. The van der Waals surface area contributed by atoms with E-state index in [4.69, 9.17) is 11.6 Å². The second kappa shape index (κ2) is 3.48. The lowest BCUT2D eigenvalue weighted by atomic mass is 10.1. The Morgan fingerprint density at radius 2 is 1.92 bits per heavy atom. The van der Waals surface area contributed by atoms with Gasteiger partial charge in [-0.05, 0) is 25.8 Å². The summed E-state index contributed by atoms with van der Waals surface area (Å²) in [5.41, 5.74) is 1.06. The van der Waals surface area contributed by atoms with E-state index in [1.54, 1.807) is 0 Å². The topological polar surface area (TPSA) is 17.8 Å². The SMILES string of the molecule is CC(C)c1cc(Cl)n(C(C)C)n1. The van der Waals surface area contributed by atoms with Gasteiger partial charge < -0.3 is 0 Å².